The number of aliphatic imine (C=N–C) groups is 2. The summed E-state index contributed by atoms with van der Waals surface area (Å²) < 4.78 is 5.98. The van der Waals surface area contributed by atoms with Crippen molar-refractivity contribution < 1.29 is 14.0 Å². The molecule has 0 spiro atoms. The monoisotopic (exact) mass is 462 g/mol. The van der Waals surface area contributed by atoms with Crippen LogP contribution in [0, 0.1) is 6.92 Å². The molecule has 176 valence electrons. The molecule has 3 aromatic rings. The number of benzene rings is 2. The van der Waals surface area contributed by atoms with Gasteiger partial charge < -0.3 is 38.0 Å². The molecule has 1 aliphatic carbocycles. The Morgan fingerprint density at radius 3 is 1.88 bits per heavy atom. The van der Waals surface area contributed by atoms with Gasteiger partial charge >= 0.3 is 0 Å². The minimum absolute atomic E-state index is 0.0337. The SMILES string of the molecule is Cc1cc2c(NCCN=C(N)N)c3c(c(NCCN=C(N)N)c2o1)C(=O)c1ccccc1C3=O. The highest BCUT2D eigenvalue weighted by molar-refractivity contribution is 6.34. The molecule has 10 N–H and O–H groups in total. The van der Waals surface area contributed by atoms with Gasteiger partial charge in [-0.25, -0.2) is 0 Å². The third-order valence-electron chi connectivity index (χ3n) is 5.39. The second-order valence-electron chi connectivity index (χ2n) is 7.77. The van der Waals surface area contributed by atoms with Gasteiger partial charge in [0.2, 0.25) is 0 Å². The quantitative estimate of drug-likeness (QED) is 0.0951. The number of furan rings is 1. The maximum absolute atomic E-state index is 13.7. The number of hydrogen-bond donors (Lipinski definition) is 6. The van der Waals surface area contributed by atoms with Crippen LogP contribution in [0.5, 0.6) is 0 Å². The van der Waals surface area contributed by atoms with Crippen LogP contribution in [0.2, 0.25) is 0 Å². The van der Waals surface area contributed by atoms with E-state index in [1.54, 1.807) is 31.2 Å². The predicted molar refractivity (Wildman–Crippen MR) is 133 cm³/mol. The van der Waals surface area contributed by atoms with Crippen LogP contribution in [-0.4, -0.2) is 49.7 Å². The van der Waals surface area contributed by atoms with Gasteiger partial charge in [-0.1, -0.05) is 24.3 Å². The molecule has 0 bridgehead atoms. The number of hydrogen-bond acceptors (Lipinski definition) is 7. The Labute approximate surface area is 195 Å². The fraction of sp³-hybridized carbons (Fsp3) is 0.217. The van der Waals surface area contributed by atoms with Crippen LogP contribution in [0.1, 0.15) is 37.6 Å². The van der Waals surface area contributed by atoms with E-state index in [-0.39, 0.29) is 47.7 Å². The van der Waals surface area contributed by atoms with E-state index in [1.807, 2.05) is 6.07 Å². The summed E-state index contributed by atoms with van der Waals surface area (Å²) in [6.45, 7) is 3.01. The van der Waals surface area contributed by atoms with Crippen LogP contribution in [0.15, 0.2) is 44.7 Å². The summed E-state index contributed by atoms with van der Waals surface area (Å²) in [6.07, 6.45) is 0. The van der Waals surface area contributed by atoms with Crippen LogP contribution >= 0.6 is 0 Å². The minimum atomic E-state index is -0.280. The summed E-state index contributed by atoms with van der Waals surface area (Å²) in [5, 5.41) is 7.11. The van der Waals surface area contributed by atoms with E-state index in [2.05, 4.69) is 20.6 Å². The lowest BCUT2D eigenvalue weighted by molar-refractivity contribution is 0.0980. The Morgan fingerprint density at radius 1 is 0.853 bits per heavy atom. The molecule has 2 aromatic carbocycles. The summed E-state index contributed by atoms with van der Waals surface area (Å²) in [5.41, 5.74) is 24.2. The van der Waals surface area contributed by atoms with Gasteiger partial charge in [-0.2, -0.15) is 0 Å². The Morgan fingerprint density at radius 2 is 1.35 bits per heavy atom. The third kappa shape index (κ3) is 4.10. The topological polar surface area (TPSA) is 200 Å². The summed E-state index contributed by atoms with van der Waals surface area (Å²) >= 11 is 0. The molecule has 1 heterocycles. The summed E-state index contributed by atoms with van der Waals surface area (Å²) in [7, 11) is 0. The van der Waals surface area contributed by atoms with Crippen LogP contribution in [0.25, 0.3) is 11.0 Å². The largest absolute Gasteiger partial charge is 0.459 e. The van der Waals surface area contributed by atoms with Crippen molar-refractivity contribution in [3.63, 3.8) is 0 Å². The second kappa shape index (κ2) is 9.14. The maximum Gasteiger partial charge on any atom is 0.196 e. The molecular formula is C23H26N8O3. The van der Waals surface area contributed by atoms with E-state index < -0.39 is 0 Å². The first kappa shape index (κ1) is 22.6. The molecule has 11 nitrogen and oxygen atoms in total. The standard InChI is InChI=1S/C23H26N8O3/c1-11-10-14-17(28-6-8-30-22(24)25)15-16(18(21(14)34-11)29-7-9-31-23(26)27)20(33)13-5-3-2-4-12(13)19(15)32/h2-5,10,28-29H,6-9H2,1H3,(H4,24,25,30)(H4,26,27,31). The van der Waals surface area contributed by atoms with E-state index in [9.17, 15) is 9.59 Å². The van der Waals surface area contributed by atoms with Crippen LogP contribution in [0.3, 0.4) is 0 Å². The van der Waals surface area contributed by atoms with Gasteiger partial charge in [-0.3, -0.25) is 19.6 Å². The Bertz CT molecular complexity index is 1250. The number of carbonyl (C=O) groups excluding carboxylic acids is 2. The molecule has 0 saturated carbocycles. The molecule has 34 heavy (non-hydrogen) atoms. The number of anilines is 2. The molecule has 1 aromatic heterocycles. The van der Waals surface area contributed by atoms with Crippen LogP contribution in [0.4, 0.5) is 11.4 Å². The molecule has 0 atom stereocenters. The van der Waals surface area contributed by atoms with Crippen molar-refractivity contribution in [1.82, 2.24) is 0 Å². The summed E-state index contributed by atoms with van der Waals surface area (Å²) in [4.78, 5) is 35.3. The summed E-state index contributed by atoms with van der Waals surface area (Å²) in [6, 6.07) is 8.57. The van der Waals surface area contributed by atoms with Crippen LogP contribution < -0.4 is 33.6 Å². The third-order valence-corrected chi connectivity index (χ3v) is 5.39. The first-order valence-corrected chi connectivity index (χ1v) is 10.7. The highest BCUT2D eigenvalue weighted by atomic mass is 16.3. The van der Waals surface area contributed by atoms with Gasteiger partial charge in [0.05, 0.1) is 35.6 Å². The molecule has 0 unspecified atom stereocenters. The molecule has 0 amide bonds. The molecule has 0 saturated heterocycles. The Hall–Kier alpha value is -4.54. The number of aryl methyl sites for hydroxylation is 1. The van der Waals surface area contributed by atoms with Crippen molar-refractivity contribution in [1.29, 1.82) is 0 Å². The zero-order chi connectivity index (χ0) is 24.4. The number of rotatable bonds is 8. The maximum atomic E-state index is 13.7. The molecular weight excluding hydrogens is 436 g/mol. The molecule has 0 radical (unpaired) electrons. The van der Waals surface area contributed by atoms with Gasteiger partial charge in [-0.15, -0.1) is 0 Å². The van der Waals surface area contributed by atoms with E-state index in [1.165, 1.54) is 0 Å². The van der Waals surface area contributed by atoms with Crippen molar-refractivity contribution >= 4 is 45.8 Å². The molecule has 4 rings (SSSR count). The average Bonchev–Trinajstić information content (AvgIpc) is 3.19. The number of carbonyl (C=O) groups is 2. The highest BCUT2D eigenvalue weighted by Gasteiger charge is 2.36. The lowest BCUT2D eigenvalue weighted by Crippen LogP contribution is -2.26. The Kier molecular flexibility index (Phi) is 6.09. The Balaban J connectivity index is 1.90. The zero-order valence-electron chi connectivity index (χ0n) is 18.6. The smallest absolute Gasteiger partial charge is 0.196 e. The first-order valence-electron chi connectivity index (χ1n) is 10.7. The summed E-state index contributed by atoms with van der Waals surface area (Å²) in [5.74, 6) is 0.00611. The lowest BCUT2D eigenvalue weighted by Gasteiger charge is -2.24. The normalized spacial score (nSPS) is 12.1. The fourth-order valence-electron chi connectivity index (χ4n) is 4.07. The number of nitrogens with one attached hydrogen (secondary N) is 2. The van der Waals surface area contributed by atoms with Crippen LogP contribution in [-0.2, 0) is 0 Å². The predicted octanol–water partition coefficient (Wildman–Crippen LogP) is 0.887. The van der Waals surface area contributed by atoms with Crippen molar-refractivity contribution in [2.45, 2.75) is 6.92 Å². The molecule has 1 aliphatic rings. The van der Waals surface area contributed by atoms with Gasteiger partial charge in [0, 0.05) is 29.6 Å². The first-order chi connectivity index (χ1) is 16.3. The van der Waals surface area contributed by atoms with Gasteiger partial charge in [0.25, 0.3) is 0 Å². The van der Waals surface area contributed by atoms with Crippen molar-refractivity contribution in [2.24, 2.45) is 32.9 Å². The molecule has 11 heteroatoms. The number of nitrogens with two attached hydrogens (primary N) is 4. The van der Waals surface area contributed by atoms with Gasteiger partial charge in [0.1, 0.15) is 5.76 Å². The van der Waals surface area contributed by atoms with E-state index in [0.29, 0.717) is 52.3 Å². The molecule has 0 aliphatic heterocycles. The number of ketones is 2. The second-order valence-corrected chi connectivity index (χ2v) is 7.77. The number of guanidine groups is 2. The highest BCUT2D eigenvalue weighted by Crippen LogP contribution is 2.44. The van der Waals surface area contributed by atoms with Crippen molar-refractivity contribution in [3.05, 3.63) is 58.3 Å². The van der Waals surface area contributed by atoms with E-state index >= 15 is 0 Å². The van der Waals surface area contributed by atoms with Gasteiger partial charge in [-0.05, 0) is 13.0 Å². The molecule has 0 fully saturated rings. The number of fused-ring (bicyclic) bond motifs is 3. The number of nitrogens with zero attached hydrogens (tertiary/aromatic N) is 2. The minimum Gasteiger partial charge on any atom is -0.459 e. The fourth-order valence-corrected chi connectivity index (χ4v) is 4.07. The van der Waals surface area contributed by atoms with Gasteiger partial charge in [0.15, 0.2) is 29.1 Å². The average molecular weight is 463 g/mol. The van der Waals surface area contributed by atoms with Crippen molar-refractivity contribution in [2.75, 3.05) is 36.8 Å². The van der Waals surface area contributed by atoms with E-state index in [0.717, 1.165) is 0 Å². The van der Waals surface area contributed by atoms with E-state index in [4.69, 9.17) is 27.4 Å². The zero-order valence-corrected chi connectivity index (χ0v) is 18.6. The lowest BCUT2D eigenvalue weighted by atomic mass is 9.81. The van der Waals surface area contributed by atoms with Crippen molar-refractivity contribution in [3.8, 4) is 0 Å².